The fraction of sp³-hybridized carbons (Fsp3) is 0.333. The van der Waals surface area contributed by atoms with E-state index in [4.69, 9.17) is 10.5 Å². The predicted octanol–water partition coefficient (Wildman–Crippen LogP) is 2.80. The van der Waals surface area contributed by atoms with E-state index in [1.807, 2.05) is 47.4 Å². The summed E-state index contributed by atoms with van der Waals surface area (Å²) in [5, 5.41) is 0. The summed E-state index contributed by atoms with van der Waals surface area (Å²) >= 11 is 0. The monoisotopic (exact) mass is 323 g/mol. The van der Waals surface area contributed by atoms with Crippen LogP contribution in [0, 0.1) is 0 Å². The van der Waals surface area contributed by atoms with Gasteiger partial charge in [0.05, 0.1) is 7.11 Å². The molecule has 24 heavy (non-hydrogen) atoms. The molecule has 1 saturated carbocycles. The molecule has 1 aliphatic carbocycles. The summed E-state index contributed by atoms with van der Waals surface area (Å²) in [6.07, 6.45) is 10.8. The van der Waals surface area contributed by atoms with Crippen LogP contribution in [0.1, 0.15) is 25.3 Å². The fourth-order valence-electron chi connectivity index (χ4n) is 3.45. The van der Waals surface area contributed by atoms with Gasteiger partial charge < -0.3 is 15.0 Å². The topological polar surface area (TPSA) is 70.9 Å². The minimum Gasteiger partial charge on any atom is -0.497 e. The van der Waals surface area contributed by atoms with Crippen molar-refractivity contribution in [2.24, 2.45) is 5.73 Å². The number of aromatic nitrogens is 4. The largest absolute Gasteiger partial charge is 0.497 e. The molecule has 124 valence electrons. The van der Waals surface area contributed by atoms with Crippen LogP contribution in [0.25, 0.3) is 17.3 Å². The molecule has 0 radical (unpaired) electrons. The first-order chi connectivity index (χ1) is 11.8. The maximum Gasteiger partial charge on any atom is 0.181 e. The normalized spacial score (nSPS) is 20.4. The minimum absolute atomic E-state index is 0.284. The minimum atomic E-state index is 0.284. The lowest BCUT2D eigenvalue weighted by atomic mass is 10.2. The van der Waals surface area contributed by atoms with E-state index < -0.39 is 0 Å². The van der Waals surface area contributed by atoms with Crippen LogP contribution < -0.4 is 10.5 Å². The Morgan fingerprint density at radius 3 is 2.50 bits per heavy atom. The average Bonchev–Trinajstić information content (AvgIpc) is 3.34. The zero-order valence-electron chi connectivity index (χ0n) is 13.7. The number of nitrogens with two attached hydrogens (primary N) is 1. The van der Waals surface area contributed by atoms with Gasteiger partial charge in [0.25, 0.3) is 0 Å². The van der Waals surface area contributed by atoms with Crippen LogP contribution in [0.3, 0.4) is 0 Å². The van der Waals surface area contributed by atoms with Crippen molar-refractivity contribution >= 4 is 0 Å². The Balaban J connectivity index is 1.71. The lowest BCUT2D eigenvalue weighted by molar-refractivity contribution is 0.415. The van der Waals surface area contributed by atoms with Crippen LogP contribution >= 0.6 is 0 Å². The van der Waals surface area contributed by atoms with E-state index in [0.29, 0.717) is 6.04 Å². The van der Waals surface area contributed by atoms with Gasteiger partial charge in [0.15, 0.2) is 11.6 Å². The summed E-state index contributed by atoms with van der Waals surface area (Å²) in [6, 6.07) is 8.61. The van der Waals surface area contributed by atoms with Gasteiger partial charge in [-0.15, -0.1) is 0 Å². The smallest absolute Gasteiger partial charge is 0.181 e. The first-order valence-corrected chi connectivity index (χ1v) is 8.23. The maximum atomic E-state index is 6.08. The number of nitrogens with zero attached hydrogens (tertiary/aromatic N) is 4. The summed E-state index contributed by atoms with van der Waals surface area (Å²) in [5.74, 6) is 2.56. The summed E-state index contributed by atoms with van der Waals surface area (Å²) in [7, 11) is 1.67. The molecule has 3 aromatic rings. The number of ether oxygens (including phenoxy) is 1. The number of methoxy groups -OCH3 is 1. The molecular weight excluding hydrogens is 302 g/mol. The van der Waals surface area contributed by atoms with Gasteiger partial charge in [-0.1, -0.05) is 0 Å². The van der Waals surface area contributed by atoms with Crippen LogP contribution in [0.2, 0.25) is 0 Å². The first kappa shape index (κ1) is 15.0. The number of imidazole rings is 2. The van der Waals surface area contributed by atoms with Crippen molar-refractivity contribution in [1.29, 1.82) is 0 Å². The van der Waals surface area contributed by atoms with Crippen molar-refractivity contribution in [1.82, 2.24) is 19.1 Å². The molecule has 0 unspecified atom stereocenters. The van der Waals surface area contributed by atoms with Crippen molar-refractivity contribution in [2.75, 3.05) is 7.11 Å². The Hall–Kier alpha value is -2.60. The van der Waals surface area contributed by atoms with Crippen LogP contribution in [-0.2, 0) is 0 Å². The molecule has 4 rings (SSSR count). The van der Waals surface area contributed by atoms with Crippen LogP contribution in [0.15, 0.2) is 49.1 Å². The van der Waals surface area contributed by atoms with Gasteiger partial charge in [0, 0.05) is 42.6 Å². The lowest BCUT2D eigenvalue weighted by Crippen LogP contribution is -2.16. The Bertz CT molecular complexity index is 820. The molecule has 2 heterocycles. The van der Waals surface area contributed by atoms with Gasteiger partial charge in [0.2, 0.25) is 0 Å². The second-order valence-electron chi connectivity index (χ2n) is 6.20. The van der Waals surface area contributed by atoms with Gasteiger partial charge in [-0.2, -0.15) is 0 Å². The number of hydrogen-bond acceptors (Lipinski definition) is 4. The fourth-order valence-corrected chi connectivity index (χ4v) is 3.45. The van der Waals surface area contributed by atoms with E-state index in [1.54, 1.807) is 13.3 Å². The van der Waals surface area contributed by atoms with Crippen molar-refractivity contribution in [3.63, 3.8) is 0 Å². The van der Waals surface area contributed by atoms with Crippen molar-refractivity contribution in [3.05, 3.63) is 49.1 Å². The van der Waals surface area contributed by atoms with Crippen molar-refractivity contribution in [3.8, 4) is 23.1 Å². The zero-order valence-corrected chi connectivity index (χ0v) is 13.7. The van der Waals surface area contributed by atoms with E-state index in [9.17, 15) is 0 Å². The van der Waals surface area contributed by atoms with E-state index in [2.05, 4.69) is 14.5 Å². The third kappa shape index (κ3) is 2.59. The van der Waals surface area contributed by atoms with Crippen LogP contribution in [-0.4, -0.2) is 32.3 Å². The summed E-state index contributed by atoms with van der Waals surface area (Å²) < 4.78 is 9.50. The number of hydrogen-bond donors (Lipinski definition) is 1. The van der Waals surface area contributed by atoms with Crippen LogP contribution in [0.5, 0.6) is 5.75 Å². The standard InChI is InChI=1S/C18H21N5O/c1-24-16-6-4-14(5-7-16)22-10-8-20-17(22)18-21-9-11-23(18)15-3-2-13(19)12-15/h4-11,13,15H,2-3,12,19H2,1H3/t13-,15+/m0/s1. The molecular formula is C18H21N5O. The highest BCUT2D eigenvalue weighted by Crippen LogP contribution is 2.32. The molecule has 0 aliphatic heterocycles. The SMILES string of the molecule is COc1ccc(-n2ccnc2-c2nccn2[C@@H]2CC[C@H](N)C2)cc1. The maximum absolute atomic E-state index is 6.08. The van der Waals surface area contributed by atoms with Gasteiger partial charge >= 0.3 is 0 Å². The average molecular weight is 323 g/mol. The Morgan fingerprint density at radius 1 is 1.04 bits per heavy atom. The van der Waals surface area contributed by atoms with Gasteiger partial charge in [-0.25, -0.2) is 9.97 Å². The Labute approximate surface area is 140 Å². The van der Waals surface area contributed by atoms with Crippen molar-refractivity contribution in [2.45, 2.75) is 31.3 Å². The third-order valence-corrected chi connectivity index (χ3v) is 4.70. The molecule has 6 nitrogen and oxygen atoms in total. The molecule has 1 aromatic carbocycles. The quantitative estimate of drug-likeness (QED) is 0.801. The molecule has 2 atom stereocenters. The molecule has 0 spiro atoms. The van der Waals surface area contributed by atoms with E-state index in [0.717, 1.165) is 42.3 Å². The predicted molar refractivity (Wildman–Crippen MR) is 92.2 cm³/mol. The van der Waals surface area contributed by atoms with E-state index in [1.165, 1.54) is 0 Å². The molecule has 2 aromatic heterocycles. The van der Waals surface area contributed by atoms with Gasteiger partial charge in [-0.05, 0) is 43.5 Å². The first-order valence-electron chi connectivity index (χ1n) is 8.23. The molecule has 0 amide bonds. The zero-order chi connectivity index (χ0) is 16.5. The molecule has 6 heteroatoms. The third-order valence-electron chi connectivity index (χ3n) is 4.70. The second kappa shape index (κ2) is 6.13. The van der Waals surface area contributed by atoms with Crippen molar-refractivity contribution < 1.29 is 4.74 Å². The van der Waals surface area contributed by atoms with Crippen LogP contribution in [0.4, 0.5) is 0 Å². The number of rotatable bonds is 4. The Morgan fingerprint density at radius 2 is 1.79 bits per heavy atom. The second-order valence-corrected chi connectivity index (χ2v) is 6.20. The van der Waals surface area contributed by atoms with E-state index >= 15 is 0 Å². The molecule has 0 saturated heterocycles. The highest BCUT2D eigenvalue weighted by atomic mass is 16.5. The van der Waals surface area contributed by atoms with Gasteiger partial charge in [-0.3, -0.25) is 4.57 Å². The highest BCUT2D eigenvalue weighted by molar-refractivity contribution is 5.52. The summed E-state index contributed by atoms with van der Waals surface area (Å²) in [5.41, 5.74) is 7.11. The summed E-state index contributed by atoms with van der Waals surface area (Å²) in [4.78, 5) is 9.11. The summed E-state index contributed by atoms with van der Waals surface area (Å²) in [6.45, 7) is 0. The molecule has 2 N–H and O–H groups in total. The van der Waals surface area contributed by atoms with Gasteiger partial charge in [0.1, 0.15) is 5.75 Å². The highest BCUT2D eigenvalue weighted by Gasteiger charge is 2.26. The number of benzene rings is 1. The molecule has 1 aliphatic rings. The molecule has 1 fully saturated rings. The molecule has 0 bridgehead atoms. The Kier molecular flexibility index (Phi) is 3.82. The lowest BCUT2D eigenvalue weighted by Gasteiger charge is -2.16. The van der Waals surface area contributed by atoms with E-state index in [-0.39, 0.29) is 6.04 Å².